The molecular weight excluding hydrogens is 304 g/mol. The number of nitrogens with one attached hydrogen (secondary N) is 1. The van der Waals surface area contributed by atoms with Crippen molar-refractivity contribution in [1.29, 1.82) is 0 Å². The Morgan fingerprint density at radius 2 is 1.54 bits per heavy atom. The first kappa shape index (κ1) is 17.3. The summed E-state index contributed by atoms with van der Waals surface area (Å²) in [6, 6.07) is 14.4. The number of amides is 1. The van der Waals surface area contributed by atoms with Crippen molar-refractivity contribution in [3.63, 3.8) is 0 Å². The van der Waals surface area contributed by atoms with Crippen molar-refractivity contribution in [2.24, 2.45) is 5.73 Å². The summed E-state index contributed by atoms with van der Waals surface area (Å²) in [7, 11) is 0. The number of carbonyl (C=O) groups excluding carboxylic acids is 1. The number of carboxylic acids is 1. The number of rotatable bonds is 4. The van der Waals surface area contributed by atoms with Crippen LogP contribution in [0.1, 0.15) is 28.4 Å². The summed E-state index contributed by atoms with van der Waals surface area (Å²) in [5.41, 5.74) is 7.59. The minimum atomic E-state index is -1.16. The molecular formula is C19H18N2O3. The Morgan fingerprint density at radius 3 is 2.04 bits per heavy atom. The maximum absolute atomic E-state index is 12.1. The fraction of sp³-hybridized carbons (Fsp3) is 0.158. The van der Waals surface area contributed by atoms with Crippen LogP contribution < -0.4 is 11.1 Å². The smallest absolute Gasteiger partial charge is 0.327 e. The molecule has 1 amide bonds. The van der Waals surface area contributed by atoms with E-state index in [1.54, 1.807) is 24.3 Å². The van der Waals surface area contributed by atoms with Crippen LogP contribution in [0, 0.1) is 11.8 Å². The predicted octanol–water partition coefficient (Wildman–Crippen LogP) is 1.62. The number of carboxylic acid groups (broad SMARTS) is 1. The Morgan fingerprint density at radius 1 is 1.00 bits per heavy atom. The van der Waals surface area contributed by atoms with Crippen LogP contribution in [-0.2, 0) is 4.79 Å². The molecule has 0 saturated carbocycles. The van der Waals surface area contributed by atoms with E-state index in [2.05, 4.69) is 17.2 Å². The maximum atomic E-state index is 12.1. The number of hydrogen-bond donors (Lipinski definition) is 3. The van der Waals surface area contributed by atoms with E-state index in [0.29, 0.717) is 5.56 Å². The van der Waals surface area contributed by atoms with Crippen LogP contribution >= 0.6 is 0 Å². The van der Waals surface area contributed by atoms with Crippen LogP contribution in [0.15, 0.2) is 54.6 Å². The van der Waals surface area contributed by atoms with Crippen molar-refractivity contribution in [2.45, 2.75) is 19.0 Å². The highest BCUT2D eigenvalue weighted by Gasteiger charge is 2.24. The number of benzene rings is 2. The van der Waals surface area contributed by atoms with Crippen molar-refractivity contribution >= 4 is 11.9 Å². The molecule has 0 aliphatic rings. The van der Waals surface area contributed by atoms with E-state index in [-0.39, 0.29) is 0 Å². The van der Waals surface area contributed by atoms with E-state index < -0.39 is 24.0 Å². The van der Waals surface area contributed by atoms with Gasteiger partial charge in [0.25, 0.3) is 5.91 Å². The summed E-state index contributed by atoms with van der Waals surface area (Å²) in [5.74, 6) is 4.39. The predicted molar refractivity (Wildman–Crippen MR) is 91.4 cm³/mol. The molecule has 5 heteroatoms. The van der Waals surface area contributed by atoms with E-state index in [1.165, 1.54) is 6.92 Å². The van der Waals surface area contributed by atoms with Gasteiger partial charge in [-0.05, 0) is 43.3 Å². The van der Waals surface area contributed by atoms with E-state index >= 15 is 0 Å². The van der Waals surface area contributed by atoms with Crippen LogP contribution in [0.2, 0.25) is 0 Å². The van der Waals surface area contributed by atoms with Gasteiger partial charge >= 0.3 is 5.97 Å². The van der Waals surface area contributed by atoms with Crippen LogP contribution in [0.5, 0.6) is 0 Å². The van der Waals surface area contributed by atoms with E-state index in [0.717, 1.165) is 11.1 Å². The minimum Gasteiger partial charge on any atom is -0.480 e. The van der Waals surface area contributed by atoms with Crippen molar-refractivity contribution in [2.75, 3.05) is 0 Å². The second-order valence-corrected chi connectivity index (χ2v) is 5.34. The molecule has 0 spiro atoms. The molecule has 5 nitrogen and oxygen atoms in total. The highest BCUT2D eigenvalue weighted by molar-refractivity contribution is 5.96. The molecule has 0 aromatic heterocycles. The molecule has 122 valence electrons. The zero-order chi connectivity index (χ0) is 17.5. The largest absolute Gasteiger partial charge is 0.480 e. The first-order valence-electron chi connectivity index (χ1n) is 7.44. The lowest BCUT2D eigenvalue weighted by molar-refractivity contribution is -0.139. The third-order valence-electron chi connectivity index (χ3n) is 3.35. The zero-order valence-corrected chi connectivity index (χ0v) is 13.2. The van der Waals surface area contributed by atoms with Crippen LogP contribution in [0.4, 0.5) is 0 Å². The third kappa shape index (κ3) is 4.70. The number of nitrogens with two attached hydrogens (primary N) is 1. The lowest BCUT2D eigenvalue weighted by Crippen LogP contribution is -2.51. The minimum absolute atomic E-state index is 0.354. The molecule has 2 aromatic rings. The average Bonchev–Trinajstić information content (AvgIpc) is 2.58. The Bertz CT molecular complexity index is 772. The van der Waals surface area contributed by atoms with E-state index in [4.69, 9.17) is 10.8 Å². The Balaban J connectivity index is 2.08. The molecule has 0 aliphatic carbocycles. The van der Waals surface area contributed by atoms with Crippen LogP contribution in [0.25, 0.3) is 0 Å². The van der Waals surface area contributed by atoms with Gasteiger partial charge in [-0.2, -0.15) is 0 Å². The monoisotopic (exact) mass is 322 g/mol. The summed E-state index contributed by atoms with van der Waals surface area (Å²) in [6.07, 6.45) is 0. The lowest BCUT2D eigenvalue weighted by atomic mass is 10.1. The van der Waals surface area contributed by atoms with Gasteiger partial charge in [0.15, 0.2) is 0 Å². The van der Waals surface area contributed by atoms with E-state index in [9.17, 15) is 9.59 Å². The van der Waals surface area contributed by atoms with Crippen molar-refractivity contribution in [3.8, 4) is 11.8 Å². The second kappa shape index (κ2) is 7.95. The Hall–Kier alpha value is -3.10. The fourth-order valence-corrected chi connectivity index (χ4v) is 2.01. The fourth-order valence-electron chi connectivity index (χ4n) is 2.01. The van der Waals surface area contributed by atoms with Gasteiger partial charge in [-0.25, -0.2) is 4.79 Å². The molecule has 0 saturated heterocycles. The normalized spacial score (nSPS) is 12.4. The first-order valence-corrected chi connectivity index (χ1v) is 7.44. The highest BCUT2D eigenvalue weighted by Crippen LogP contribution is 2.05. The molecule has 4 N–H and O–H groups in total. The highest BCUT2D eigenvalue weighted by atomic mass is 16.4. The van der Waals surface area contributed by atoms with Gasteiger partial charge in [-0.15, -0.1) is 0 Å². The SMILES string of the molecule is C[C@@H](N)[C@H](NC(=O)c1ccc(C#Cc2ccccc2)cc1)C(=O)O. The molecule has 0 fully saturated rings. The number of carbonyl (C=O) groups is 2. The molecule has 0 radical (unpaired) electrons. The number of aliphatic carboxylic acids is 1. The summed E-state index contributed by atoms with van der Waals surface area (Å²) < 4.78 is 0. The summed E-state index contributed by atoms with van der Waals surface area (Å²) in [6.45, 7) is 1.53. The van der Waals surface area contributed by atoms with Gasteiger partial charge in [-0.1, -0.05) is 30.0 Å². The Labute approximate surface area is 140 Å². The van der Waals surface area contributed by atoms with Crippen molar-refractivity contribution in [1.82, 2.24) is 5.32 Å². The second-order valence-electron chi connectivity index (χ2n) is 5.34. The van der Waals surface area contributed by atoms with Crippen LogP contribution in [-0.4, -0.2) is 29.1 Å². The molecule has 2 atom stereocenters. The molecule has 0 heterocycles. The molecule has 2 aromatic carbocycles. The molecule has 24 heavy (non-hydrogen) atoms. The Kier molecular flexibility index (Phi) is 5.72. The topological polar surface area (TPSA) is 92.4 Å². The van der Waals surface area contributed by atoms with Crippen LogP contribution in [0.3, 0.4) is 0 Å². The quantitative estimate of drug-likeness (QED) is 0.746. The first-order chi connectivity index (χ1) is 11.5. The average molecular weight is 322 g/mol. The lowest BCUT2D eigenvalue weighted by Gasteiger charge is -2.17. The van der Waals surface area contributed by atoms with Gasteiger partial charge in [0, 0.05) is 22.7 Å². The third-order valence-corrected chi connectivity index (χ3v) is 3.35. The van der Waals surface area contributed by atoms with Gasteiger partial charge in [-0.3, -0.25) is 4.79 Å². The van der Waals surface area contributed by atoms with Gasteiger partial charge in [0.05, 0.1) is 0 Å². The van der Waals surface area contributed by atoms with Crippen molar-refractivity contribution in [3.05, 3.63) is 71.3 Å². The van der Waals surface area contributed by atoms with Gasteiger partial charge < -0.3 is 16.2 Å². The molecule has 0 unspecified atom stereocenters. The number of hydrogen-bond acceptors (Lipinski definition) is 3. The van der Waals surface area contributed by atoms with E-state index in [1.807, 2.05) is 30.3 Å². The molecule has 0 aliphatic heterocycles. The molecule has 0 bridgehead atoms. The summed E-state index contributed by atoms with van der Waals surface area (Å²) >= 11 is 0. The molecule has 2 rings (SSSR count). The summed E-state index contributed by atoms with van der Waals surface area (Å²) in [4.78, 5) is 23.2. The van der Waals surface area contributed by atoms with Gasteiger partial charge in [0.1, 0.15) is 6.04 Å². The maximum Gasteiger partial charge on any atom is 0.327 e. The van der Waals surface area contributed by atoms with Crippen molar-refractivity contribution < 1.29 is 14.7 Å². The zero-order valence-electron chi connectivity index (χ0n) is 13.2. The standard InChI is InChI=1S/C19H18N2O3/c1-13(20)17(19(23)24)21-18(22)16-11-9-15(10-12-16)8-7-14-5-3-2-4-6-14/h2-6,9-13,17H,20H2,1H3,(H,21,22)(H,23,24)/t13-,17+/m1/s1. The van der Waals surface area contributed by atoms with Gasteiger partial charge in [0.2, 0.25) is 0 Å². The summed E-state index contributed by atoms with van der Waals surface area (Å²) in [5, 5.41) is 11.5.